The lowest BCUT2D eigenvalue weighted by molar-refractivity contribution is 0.0527. The summed E-state index contributed by atoms with van der Waals surface area (Å²) in [6, 6.07) is 11.9. The van der Waals surface area contributed by atoms with E-state index in [0.29, 0.717) is 24.5 Å². The van der Waals surface area contributed by atoms with Crippen LogP contribution in [-0.2, 0) is 16.7 Å². The van der Waals surface area contributed by atoms with E-state index in [2.05, 4.69) is 55.3 Å². The highest BCUT2D eigenvalue weighted by atomic mass is 16.5. The summed E-state index contributed by atoms with van der Waals surface area (Å²) in [6.45, 7) is 9.33. The fourth-order valence-corrected chi connectivity index (χ4v) is 2.23. The van der Waals surface area contributed by atoms with Gasteiger partial charge in [-0.2, -0.15) is 0 Å². The highest BCUT2D eigenvalue weighted by Crippen LogP contribution is 2.22. The van der Waals surface area contributed by atoms with Gasteiger partial charge in [-0.3, -0.25) is 0 Å². The monoisotopic (exact) mass is 312 g/mol. The van der Waals surface area contributed by atoms with Crippen LogP contribution in [0.2, 0.25) is 0 Å². The van der Waals surface area contributed by atoms with Crippen LogP contribution in [0.3, 0.4) is 0 Å². The third-order valence-corrected chi connectivity index (χ3v) is 3.58. The number of benzene rings is 1. The molecule has 23 heavy (non-hydrogen) atoms. The van der Waals surface area contributed by atoms with Crippen LogP contribution in [0, 0.1) is 0 Å². The van der Waals surface area contributed by atoms with Gasteiger partial charge in [-0.1, -0.05) is 45.0 Å². The van der Waals surface area contributed by atoms with Crippen LogP contribution in [-0.4, -0.2) is 17.6 Å². The molecule has 0 spiro atoms. The molecule has 2 aromatic rings. The molecule has 1 heterocycles. The Kier molecular flexibility index (Phi) is 5.37. The Morgan fingerprint density at radius 1 is 1.17 bits per heavy atom. The van der Waals surface area contributed by atoms with Gasteiger partial charge < -0.3 is 10.1 Å². The number of esters is 1. The summed E-state index contributed by atoms with van der Waals surface area (Å²) in [6.07, 6.45) is 1.66. The van der Waals surface area contributed by atoms with Crippen LogP contribution in [0.1, 0.15) is 49.2 Å². The topological polar surface area (TPSA) is 51.2 Å². The second-order valence-corrected chi connectivity index (χ2v) is 6.42. The third kappa shape index (κ3) is 4.55. The lowest BCUT2D eigenvalue weighted by Crippen LogP contribution is -2.12. The first-order chi connectivity index (χ1) is 10.9. The number of carbonyl (C=O) groups excluding carboxylic acids is 1. The molecule has 0 aliphatic rings. The number of hydrogen-bond acceptors (Lipinski definition) is 4. The normalized spacial score (nSPS) is 11.1. The van der Waals surface area contributed by atoms with Crippen molar-refractivity contribution in [2.24, 2.45) is 0 Å². The Hall–Kier alpha value is -2.36. The smallest absolute Gasteiger partial charge is 0.341 e. The van der Waals surface area contributed by atoms with Gasteiger partial charge in [-0.25, -0.2) is 9.78 Å². The number of aromatic nitrogens is 1. The molecule has 0 saturated carbocycles. The minimum absolute atomic E-state index is 0.143. The number of rotatable bonds is 5. The zero-order chi connectivity index (χ0) is 16.9. The van der Waals surface area contributed by atoms with Gasteiger partial charge in [0.05, 0.1) is 6.61 Å². The van der Waals surface area contributed by atoms with Crippen molar-refractivity contribution in [1.29, 1.82) is 0 Å². The molecule has 0 aliphatic heterocycles. The highest BCUT2D eigenvalue weighted by Gasteiger charge is 2.14. The average molecular weight is 312 g/mol. The van der Waals surface area contributed by atoms with E-state index in [1.54, 1.807) is 25.3 Å². The molecule has 0 radical (unpaired) electrons. The number of anilines is 1. The van der Waals surface area contributed by atoms with Gasteiger partial charge >= 0.3 is 5.97 Å². The first-order valence-corrected chi connectivity index (χ1v) is 7.87. The molecule has 4 heteroatoms. The number of hydrogen-bond donors (Lipinski definition) is 1. The summed E-state index contributed by atoms with van der Waals surface area (Å²) in [5.74, 6) is 0.192. The summed E-state index contributed by atoms with van der Waals surface area (Å²) >= 11 is 0. The van der Waals surface area contributed by atoms with Crippen molar-refractivity contribution < 1.29 is 9.53 Å². The van der Waals surface area contributed by atoms with Crippen molar-refractivity contribution in [3.8, 4) is 0 Å². The quantitative estimate of drug-likeness (QED) is 0.842. The molecule has 122 valence electrons. The average Bonchev–Trinajstić information content (AvgIpc) is 2.53. The van der Waals surface area contributed by atoms with Crippen LogP contribution in [0.25, 0.3) is 0 Å². The number of nitrogens with zero attached hydrogens (tertiary/aromatic N) is 1. The van der Waals surface area contributed by atoms with Gasteiger partial charge in [-0.15, -0.1) is 0 Å². The van der Waals surface area contributed by atoms with Gasteiger partial charge in [0.15, 0.2) is 0 Å². The van der Waals surface area contributed by atoms with Gasteiger partial charge in [0.1, 0.15) is 11.4 Å². The second kappa shape index (κ2) is 7.27. The van der Waals surface area contributed by atoms with E-state index < -0.39 is 0 Å². The number of pyridine rings is 1. The Balaban J connectivity index is 2.08. The lowest BCUT2D eigenvalue weighted by atomic mass is 9.87. The fourth-order valence-electron chi connectivity index (χ4n) is 2.23. The first kappa shape index (κ1) is 17.0. The summed E-state index contributed by atoms with van der Waals surface area (Å²) < 4.78 is 5.05. The van der Waals surface area contributed by atoms with Gasteiger partial charge in [0.2, 0.25) is 0 Å². The standard InChI is InChI=1S/C19H24N2O2/c1-5-23-18(22)16-7-6-12-20-17(16)21-13-14-8-10-15(11-9-14)19(2,3)4/h6-12H,5,13H2,1-4H3,(H,20,21). The van der Waals surface area contributed by atoms with Crippen molar-refractivity contribution in [1.82, 2.24) is 4.98 Å². The highest BCUT2D eigenvalue weighted by molar-refractivity contribution is 5.94. The van der Waals surface area contributed by atoms with Crippen LogP contribution < -0.4 is 5.32 Å². The molecule has 1 aromatic carbocycles. The van der Waals surface area contributed by atoms with Crippen molar-refractivity contribution in [3.05, 3.63) is 59.3 Å². The van der Waals surface area contributed by atoms with E-state index in [1.807, 2.05) is 0 Å². The Morgan fingerprint density at radius 2 is 1.87 bits per heavy atom. The molecule has 1 N–H and O–H groups in total. The number of ether oxygens (including phenoxy) is 1. The third-order valence-electron chi connectivity index (χ3n) is 3.58. The Bertz CT molecular complexity index is 658. The first-order valence-electron chi connectivity index (χ1n) is 7.87. The van der Waals surface area contributed by atoms with Crippen molar-refractivity contribution in [2.45, 2.75) is 39.7 Å². The van der Waals surface area contributed by atoms with Gasteiger partial charge in [0.25, 0.3) is 0 Å². The van der Waals surface area contributed by atoms with Gasteiger partial charge in [0, 0.05) is 12.7 Å². The van der Waals surface area contributed by atoms with Gasteiger partial charge in [-0.05, 0) is 35.6 Å². The second-order valence-electron chi connectivity index (χ2n) is 6.42. The number of nitrogens with one attached hydrogen (secondary N) is 1. The van der Waals surface area contributed by atoms with E-state index in [9.17, 15) is 4.79 Å². The lowest BCUT2D eigenvalue weighted by Gasteiger charge is -2.19. The van der Waals surface area contributed by atoms with Crippen LogP contribution in [0.4, 0.5) is 5.82 Å². The Morgan fingerprint density at radius 3 is 2.48 bits per heavy atom. The summed E-state index contributed by atoms with van der Waals surface area (Å²) in [4.78, 5) is 16.2. The molecule has 0 bridgehead atoms. The Labute approximate surface area is 137 Å². The van der Waals surface area contributed by atoms with Crippen molar-refractivity contribution in [2.75, 3.05) is 11.9 Å². The zero-order valence-electron chi connectivity index (χ0n) is 14.2. The minimum atomic E-state index is -0.355. The van der Waals surface area contributed by atoms with Crippen molar-refractivity contribution in [3.63, 3.8) is 0 Å². The summed E-state index contributed by atoms with van der Waals surface area (Å²) in [7, 11) is 0. The largest absolute Gasteiger partial charge is 0.462 e. The molecule has 2 rings (SSSR count). The fraction of sp³-hybridized carbons (Fsp3) is 0.368. The maximum absolute atomic E-state index is 11.9. The predicted octanol–water partition coefficient (Wildman–Crippen LogP) is 4.17. The summed E-state index contributed by atoms with van der Waals surface area (Å²) in [5.41, 5.74) is 3.04. The molecule has 0 unspecified atom stereocenters. The van der Waals surface area contributed by atoms with Crippen LogP contribution in [0.15, 0.2) is 42.6 Å². The van der Waals surface area contributed by atoms with E-state index in [0.717, 1.165) is 5.56 Å². The molecule has 0 saturated heterocycles. The van der Waals surface area contributed by atoms with E-state index >= 15 is 0 Å². The minimum Gasteiger partial charge on any atom is -0.462 e. The van der Waals surface area contributed by atoms with Crippen molar-refractivity contribution >= 4 is 11.8 Å². The van der Waals surface area contributed by atoms with E-state index in [1.165, 1.54) is 5.56 Å². The number of carbonyl (C=O) groups is 1. The molecule has 0 aliphatic carbocycles. The molecule has 0 amide bonds. The molecule has 4 nitrogen and oxygen atoms in total. The molecule has 1 aromatic heterocycles. The van der Waals surface area contributed by atoms with E-state index in [-0.39, 0.29) is 11.4 Å². The molecular formula is C19H24N2O2. The maximum atomic E-state index is 11.9. The van der Waals surface area contributed by atoms with Crippen LogP contribution >= 0.6 is 0 Å². The van der Waals surface area contributed by atoms with E-state index in [4.69, 9.17) is 4.74 Å². The van der Waals surface area contributed by atoms with Crippen LogP contribution in [0.5, 0.6) is 0 Å². The summed E-state index contributed by atoms with van der Waals surface area (Å²) in [5, 5.41) is 3.22. The zero-order valence-corrected chi connectivity index (χ0v) is 14.2. The maximum Gasteiger partial charge on any atom is 0.341 e. The molecular weight excluding hydrogens is 288 g/mol. The SMILES string of the molecule is CCOC(=O)c1cccnc1NCc1ccc(C(C)(C)C)cc1. The molecule has 0 atom stereocenters. The predicted molar refractivity (Wildman–Crippen MR) is 92.7 cm³/mol. The molecule has 0 fully saturated rings.